The van der Waals surface area contributed by atoms with Crippen molar-refractivity contribution in [2.45, 2.75) is 57.5 Å². The summed E-state index contributed by atoms with van der Waals surface area (Å²) in [5.41, 5.74) is 6.59. The number of dihydropyridines is 1. The molecule has 9 nitrogen and oxygen atoms in total. The predicted molar refractivity (Wildman–Crippen MR) is 202 cm³/mol. The molecule has 1 saturated heterocycles. The lowest BCUT2D eigenvalue weighted by molar-refractivity contribution is -0.384. The summed E-state index contributed by atoms with van der Waals surface area (Å²) in [5.74, 6) is -1.18. The van der Waals surface area contributed by atoms with Gasteiger partial charge < -0.3 is 19.9 Å². The Bertz CT molecular complexity index is 1860. The molecule has 0 bridgehead atoms. The standard InChI is InChI=1S/C43H46N4O5/c1-3-38-41(40(34-20-22-37(23-21-34)47(50)51)39(32(2)44-38)42(49)52-30-33-14-7-4-8-15-33)46(31-48)27-13-26-45-28-24-43(25-29-45,35-16-9-5-10-17-35)36-18-11-6-12-19-36/h4-12,14-23,31,40,44H,3,13,24-30H2,1-2H3. The van der Waals surface area contributed by atoms with E-state index in [1.54, 1.807) is 17.0 Å². The van der Waals surface area contributed by atoms with Gasteiger partial charge in [-0.15, -0.1) is 0 Å². The van der Waals surface area contributed by atoms with Crippen LogP contribution in [-0.4, -0.2) is 53.3 Å². The molecular weight excluding hydrogens is 652 g/mol. The Morgan fingerprint density at radius 3 is 2.04 bits per heavy atom. The number of amides is 1. The molecule has 0 aromatic heterocycles. The van der Waals surface area contributed by atoms with Crippen LogP contribution in [0.25, 0.3) is 0 Å². The second-order valence-electron chi connectivity index (χ2n) is 13.5. The van der Waals surface area contributed by atoms with Crippen molar-refractivity contribution in [3.8, 4) is 0 Å². The molecule has 268 valence electrons. The van der Waals surface area contributed by atoms with Crippen molar-refractivity contribution < 1.29 is 19.2 Å². The molecule has 1 atom stereocenters. The molecule has 2 aliphatic rings. The molecule has 1 N–H and O–H groups in total. The predicted octanol–water partition coefficient (Wildman–Crippen LogP) is 7.85. The minimum atomic E-state index is -0.669. The van der Waals surface area contributed by atoms with Gasteiger partial charge in [0.05, 0.1) is 22.1 Å². The first kappa shape index (κ1) is 36.3. The molecule has 1 fully saturated rings. The summed E-state index contributed by atoms with van der Waals surface area (Å²) in [6.07, 6.45) is 4.14. The maximum atomic E-state index is 13.9. The van der Waals surface area contributed by atoms with E-state index in [1.165, 1.54) is 23.3 Å². The number of hydrogen-bond donors (Lipinski definition) is 1. The average Bonchev–Trinajstić information content (AvgIpc) is 3.19. The van der Waals surface area contributed by atoms with E-state index in [0.29, 0.717) is 35.5 Å². The lowest BCUT2D eigenvalue weighted by Crippen LogP contribution is -2.44. The number of carbonyl (C=O) groups excluding carboxylic acids is 2. The zero-order valence-electron chi connectivity index (χ0n) is 29.9. The summed E-state index contributed by atoms with van der Waals surface area (Å²) in [5, 5.41) is 14.9. The van der Waals surface area contributed by atoms with Gasteiger partial charge in [0, 0.05) is 35.5 Å². The molecule has 1 unspecified atom stereocenters. The lowest BCUT2D eigenvalue weighted by Gasteiger charge is -2.43. The molecule has 2 heterocycles. The third-order valence-corrected chi connectivity index (χ3v) is 10.5. The van der Waals surface area contributed by atoms with Crippen molar-refractivity contribution >= 4 is 18.1 Å². The molecule has 1 amide bonds. The maximum absolute atomic E-state index is 13.9. The molecule has 4 aromatic rings. The van der Waals surface area contributed by atoms with Crippen LogP contribution in [0.1, 0.15) is 67.7 Å². The second kappa shape index (κ2) is 16.7. The van der Waals surface area contributed by atoms with Gasteiger partial charge in [0.1, 0.15) is 6.61 Å². The van der Waals surface area contributed by atoms with E-state index in [1.807, 2.05) is 44.2 Å². The van der Waals surface area contributed by atoms with Gasteiger partial charge in [-0.3, -0.25) is 14.9 Å². The van der Waals surface area contributed by atoms with Crippen LogP contribution >= 0.6 is 0 Å². The van der Waals surface area contributed by atoms with E-state index in [4.69, 9.17) is 4.74 Å². The molecule has 2 aliphatic heterocycles. The molecule has 0 saturated carbocycles. The summed E-state index contributed by atoms with van der Waals surface area (Å²) in [6, 6.07) is 37.3. The third-order valence-electron chi connectivity index (χ3n) is 10.5. The summed E-state index contributed by atoms with van der Waals surface area (Å²) in [7, 11) is 0. The number of ether oxygens (including phenoxy) is 1. The van der Waals surface area contributed by atoms with E-state index in [2.05, 4.69) is 70.9 Å². The van der Waals surface area contributed by atoms with Gasteiger partial charge in [-0.05, 0) is 74.5 Å². The summed E-state index contributed by atoms with van der Waals surface area (Å²) in [6.45, 7) is 7.04. The monoisotopic (exact) mass is 698 g/mol. The fraction of sp³-hybridized carbons (Fsp3) is 0.302. The first-order valence-corrected chi connectivity index (χ1v) is 18.1. The van der Waals surface area contributed by atoms with Crippen molar-refractivity contribution in [2.75, 3.05) is 26.2 Å². The van der Waals surface area contributed by atoms with Crippen molar-refractivity contribution in [3.05, 3.63) is 170 Å². The van der Waals surface area contributed by atoms with Crippen LogP contribution in [0.3, 0.4) is 0 Å². The quantitative estimate of drug-likeness (QED) is 0.0619. The maximum Gasteiger partial charge on any atom is 0.337 e. The first-order valence-electron chi connectivity index (χ1n) is 18.1. The number of piperidine rings is 1. The number of non-ortho nitro benzene ring substituents is 1. The highest BCUT2D eigenvalue weighted by Crippen LogP contribution is 2.43. The van der Waals surface area contributed by atoms with Crippen LogP contribution in [0.5, 0.6) is 0 Å². The van der Waals surface area contributed by atoms with Crippen molar-refractivity contribution in [3.63, 3.8) is 0 Å². The Balaban J connectivity index is 1.21. The van der Waals surface area contributed by atoms with Gasteiger partial charge in [0.25, 0.3) is 5.69 Å². The normalized spacial score (nSPS) is 17.3. The highest BCUT2D eigenvalue weighted by molar-refractivity contribution is 5.93. The molecule has 0 spiro atoms. The Hall–Kier alpha value is -5.54. The van der Waals surface area contributed by atoms with Crippen LogP contribution in [0.4, 0.5) is 5.69 Å². The zero-order chi connectivity index (χ0) is 36.5. The van der Waals surface area contributed by atoms with Gasteiger partial charge in [0.2, 0.25) is 6.41 Å². The van der Waals surface area contributed by atoms with Crippen molar-refractivity contribution in [1.82, 2.24) is 15.1 Å². The minimum absolute atomic E-state index is 0.0455. The number of hydrogen-bond acceptors (Lipinski definition) is 7. The highest BCUT2D eigenvalue weighted by Gasteiger charge is 2.39. The summed E-state index contributed by atoms with van der Waals surface area (Å²) in [4.78, 5) is 42.1. The van der Waals surface area contributed by atoms with Crippen LogP contribution in [0, 0.1) is 10.1 Å². The topological polar surface area (TPSA) is 105 Å². The van der Waals surface area contributed by atoms with Gasteiger partial charge in [-0.2, -0.15) is 0 Å². The van der Waals surface area contributed by atoms with Crippen molar-refractivity contribution in [1.29, 1.82) is 0 Å². The number of rotatable bonds is 14. The number of nitro groups is 1. The second-order valence-corrected chi connectivity index (χ2v) is 13.5. The minimum Gasteiger partial charge on any atom is -0.457 e. The number of nitro benzene ring substituents is 1. The van der Waals surface area contributed by atoms with Crippen LogP contribution < -0.4 is 5.32 Å². The molecule has 0 aliphatic carbocycles. The number of likely N-dealkylation sites (tertiary alicyclic amines) is 1. The zero-order valence-corrected chi connectivity index (χ0v) is 29.9. The Morgan fingerprint density at radius 1 is 0.923 bits per heavy atom. The fourth-order valence-corrected chi connectivity index (χ4v) is 7.79. The van der Waals surface area contributed by atoms with E-state index < -0.39 is 16.8 Å². The van der Waals surface area contributed by atoms with Crippen LogP contribution in [0.2, 0.25) is 0 Å². The SMILES string of the molecule is CCC1=C(N(C=O)CCCN2CCC(c3ccccc3)(c3ccccc3)CC2)C(c2ccc([N+](=O)[O-])cc2)C(C(=O)OCc2ccccc2)=C(C)N1. The molecule has 52 heavy (non-hydrogen) atoms. The summed E-state index contributed by atoms with van der Waals surface area (Å²) < 4.78 is 5.84. The van der Waals surface area contributed by atoms with E-state index in [0.717, 1.165) is 56.6 Å². The van der Waals surface area contributed by atoms with Crippen LogP contribution in [-0.2, 0) is 26.3 Å². The number of allylic oxidation sites excluding steroid dienone is 3. The van der Waals surface area contributed by atoms with Crippen molar-refractivity contribution in [2.24, 2.45) is 0 Å². The first-order chi connectivity index (χ1) is 25.3. The molecule has 4 aromatic carbocycles. The number of esters is 1. The number of benzene rings is 4. The smallest absolute Gasteiger partial charge is 0.337 e. The Kier molecular flexibility index (Phi) is 11.6. The number of nitrogens with zero attached hydrogens (tertiary/aromatic N) is 3. The average molecular weight is 699 g/mol. The number of carbonyl (C=O) groups is 2. The summed E-state index contributed by atoms with van der Waals surface area (Å²) >= 11 is 0. The van der Waals surface area contributed by atoms with E-state index in [-0.39, 0.29) is 17.7 Å². The Morgan fingerprint density at radius 2 is 1.50 bits per heavy atom. The van der Waals surface area contributed by atoms with E-state index in [9.17, 15) is 19.7 Å². The molecule has 9 heteroatoms. The van der Waals surface area contributed by atoms with Gasteiger partial charge in [-0.1, -0.05) is 110 Å². The van der Waals surface area contributed by atoms with Crippen LogP contribution in [0.15, 0.2) is 138 Å². The molecule has 6 rings (SSSR count). The Labute approximate surface area is 305 Å². The van der Waals surface area contributed by atoms with Gasteiger partial charge in [0.15, 0.2) is 0 Å². The third kappa shape index (κ3) is 7.85. The van der Waals surface area contributed by atoms with Gasteiger partial charge >= 0.3 is 5.97 Å². The molecule has 0 radical (unpaired) electrons. The lowest BCUT2D eigenvalue weighted by atomic mass is 9.68. The largest absolute Gasteiger partial charge is 0.457 e. The number of nitrogens with one attached hydrogen (secondary N) is 1. The molecular formula is C43H46N4O5. The van der Waals surface area contributed by atoms with Gasteiger partial charge in [-0.25, -0.2) is 4.79 Å². The highest BCUT2D eigenvalue weighted by atomic mass is 16.6. The fourth-order valence-electron chi connectivity index (χ4n) is 7.79. The van der Waals surface area contributed by atoms with E-state index >= 15 is 0 Å².